The van der Waals surface area contributed by atoms with Crippen molar-refractivity contribution >= 4 is 5.69 Å². The molecule has 0 saturated carbocycles. The summed E-state index contributed by atoms with van der Waals surface area (Å²) in [6.45, 7) is 6.01. The van der Waals surface area contributed by atoms with E-state index in [4.69, 9.17) is 23.7 Å². The topological polar surface area (TPSA) is 81.7 Å². The van der Waals surface area contributed by atoms with Crippen LogP contribution in [0.3, 0.4) is 0 Å². The number of anilines is 1. The summed E-state index contributed by atoms with van der Waals surface area (Å²) in [4.78, 5) is 2.35. The number of aliphatic hydroxyl groups is 1. The van der Waals surface area contributed by atoms with Gasteiger partial charge in [-0.1, -0.05) is 36.4 Å². The summed E-state index contributed by atoms with van der Waals surface area (Å²) >= 11 is 0. The fourth-order valence-corrected chi connectivity index (χ4v) is 5.65. The number of β-amino-alcohol motifs (C(OH)–C–C–N with tert-alkyl or cyclic N) is 1. The van der Waals surface area contributed by atoms with Crippen LogP contribution in [0.25, 0.3) is 0 Å². The lowest BCUT2D eigenvalue weighted by Crippen LogP contribution is -2.49. The van der Waals surface area contributed by atoms with Crippen LogP contribution in [0.4, 0.5) is 10.1 Å². The number of nitrogens with one attached hydrogen (secondary N) is 1. The summed E-state index contributed by atoms with van der Waals surface area (Å²) in [5.41, 5.74) is 3.73. The van der Waals surface area contributed by atoms with E-state index < -0.39 is 6.10 Å². The number of ether oxygens (including phenoxy) is 5. The molecule has 3 aromatic rings. The monoisotopic (exact) mass is 594 g/mol. The summed E-state index contributed by atoms with van der Waals surface area (Å²) in [6.07, 6.45) is 0.899. The maximum absolute atomic E-state index is 13.7. The molecule has 2 heterocycles. The lowest BCUT2D eigenvalue weighted by Gasteiger charge is -2.36. The fraction of sp³-hybridized carbons (Fsp3) is 0.471. The van der Waals surface area contributed by atoms with Gasteiger partial charge in [0, 0.05) is 51.3 Å². The Labute approximate surface area is 253 Å². The van der Waals surface area contributed by atoms with Gasteiger partial charge in [-0.2, -0.15) is 0 Å². The predicted octanol–water partition coefficient (Wildman–Crippen LogP) is 4.68. The minimum absolute atomic E-state index is 0.159. The number of halogens is 1. The molecule has 2 aliphatic heterocycles. The molecular formula is C34H43FN2O6. The molecule has 5 rings (SSSR count). The Morgan fingerprint density at radius 1 is 0.977 bits per heavy atom. The fourth-order valence-electron chi connectivity index (χ4n) is 5.65. The minimum atomic E-state index is -0.565. The number of hydrogen-bond acceptors (Lipinski definition) is 8. The summed E-state index contributed by atoms with van der Waals surface area (Å²) in [5.74, 6) is 1.25. The molecule has 2 aliphatic rings. The van der Waals surface area contributed by atoms with Gasteiger partial charge in [0.2, 0.25) is 0 Å². The molecule has 0 bridgehead atoms. The second kappa shape index (κ2) is 16.0. The molecule has 2 N–H and O–H groups in total. The van der Waals surface area contributed by atoms with E-state index in [1.165, 1.54) is 6.07 Å². The number of nitrogens with zero attached hydrogens (tertiary/aromatic N) is 1. The highest BCUT2D eigenvalue weighted by molar-refractivity contribution is 5.61. The standard InChI is InChI=1S/C34H43FN2O6/c1-39-16-4-14-37-15-19-42-32-13-8-25(20-30(32)37)23-43-33-22-36-21-31(38)34(33)26-9-11-28(12-10-26)41-18-5-17-40-24-27-6-2-3-7-29(27)35/h2-3,6-13,20,31,33-34,36,38H,4-5,14-19,21-24H2,1H3. The Kier molecular flexibility index (Phi) is 11.6. The number of methoxy groups -OCH3 is 1. The van der Waals surface area contributed by atoms with E-state index in [0.717, 1.165) is 54.4 Å². The van der Waals surface area contributed by atoms with E-state index in [-0.39, 0.29) is 24.4 Å². The second-order valence-electron chi connectivity index (χ2n) is 11.0. The average Bonchev–Trinajstić information content (AvgIpc) is 3.03. The largest absolute Gasteiger partial charge is 0.494 e. The van der Waals surface area contributed by atoms with Gasteiger partial charge < -0.3 is 39.0 Å². The van der Waals surface area contributed by atoms with Crippen molar-refractivity contribution < 1.29 is 33.2 Å². The van der Waals surface area contributed by atoms with Crippen LogP contribution < -0.4 is 19.7 Å². The van der Waals surface area contributed by atoms with Gasteiger partial charge in [-0.3, -0.25) is 0 Å². The van der Waals surface area contributed by atoms with Crippen LogP contribution in [0, 0.1) is 5.82 Å². The zero-order valence-electron chi connectivity index (χ0n) is 24.9. The molecule has 0 aromatic heterocycles. The van der Waals surface area contributed by atoms with E-state index >= 15 is 0 Å². The summed E-state index contributed by atoms with van der Waals surface area (Å²) in [6, 6.07) is 20.7. The molecule has 232 valence electrons. The van der Waals surface area contributed by atoms with Crippen molar-refractivity contribution in [1.29, 1.82) is 0 Å². The maximum atomic E-state index is 13.7. The molecule has 0 aliphatic carbocycles. The Bertz CT molecular complexity index is 1280. The smallest absolute Gasteiger partial charge is 0.142 e. The van der Waals surface area contributed by atoms with Gasteiger partial charge in [-0.15, -0.1) is 0 Å². The first-order chi connectivity index (χ1) is 21.1. The first-order valence-corrected chi connectivity index (χ1v) is 15.2. The highest BCUT2D eigenvalue weighted by Crippen LogP contribution is 2.34. The third-order valence-electron chi connectivity index (χ3n) is 7.92. The van der Waals surface area contributed by atoms with Gasteiger partial charge in [0.05, 0.1) is 50.9 Å². The van der Waals surface area contributed by atoms with E-state index in [2.05, 4.69) is 22.3 Å². The minimum Gasteiger partial charge on any atom is -0.494 e. The maximum Gasteiger partial charge on any atom is 0.142 e. The highest BCUT2D eigenvalue weighted by Gasteiger charge is 2.34. The first kappa shape index (κ1) is 31.2. The number of benzene rings is 3. The molecule has 9 heteroatoms. The van der Waals surface area contributed by atoms with Crippen molar-refractivity contribution in [3.8, 4) is 11.5 Å². The van der Waals surface area contributed by atoms with Crippen molar-refractivity contribution in [1.82, 2.24) is 5.32 Å². The van der Waals surface area contributed by atoms with Crippen LogP contribution in [0.1, 0.15) is 35.4 Å². The third-order valence-corrected chi connectivity index (χ3v) is 7.92. The van der Waals surface area contributed by atoms with E-state index in [1.807, 2.05) is 30.3 Å². The molecule has 3 aromatic carbocycles. The highest BCUT2D eigenvalue weighted by atomic mass is 19.1. The van der Waals surface area contributed by atoms with Crippen LogP contribution in [0.15, 0.2) is 66.7 Å². The number of piperidine rings is 1. The lowest BCUT2D eigenvalue weighted by atomic mass is 9.85. The van der Waals surface area contributed by atoms with Crippen LogP contribution >= 0.6 is 0 Å². The average molecular weight is 595 g/mol. The zero-order chi connectivity index (χ0) is 29.9. The van der Waals surface area contributed by atoms with Crippen molar-refractivity contribution in [2.24, 2.45) is 0 Å². The van der Waals surface area contributed by atoms with Crippen LogP contribution in [-0.2, 0) is 27.4 Å². The van der Waals surface area contributed by atoms with Crippen LogP contribution in [-0.4, -0.2) is 77.0 Å². The summed E-state index contributed by atoms with van der Waals surface area (Å²) < 4.78 is 42.7. The number of aliphatic hydroxyl groups excluding tert-OH is 1. The first-order valence-electron chi connectivity index (χ1n) is 15.2. The normalized spacial score (nSPS) is 20.0. The van der Waals surface area contributed by atoms with E-state index in [9.17, 15) is 9.50 Å². The van der Waals surface area contributed by atoms with Gasteiger partial charge >= 0.3 is 0 Å². The van der Waals surface area contributed by atoms with Gasteiger partial charge in [-0.05, 0) is 47.9 Å². The van der Waals surface area contributed by atoms with Crippen molar-refractivity contribution in [3.05, 3.63) is 89.2 Å². The Hall–Kier alpha value is -3.21. The van der Waals surface area contributed by atoms with Crippen molar-refractivity contribution in [2.45, 2.75) is 44.2 Å². The molecule has 3 atom stereocenters. The molecule has 0 radical (unpaired) electrons. The molecule has 0 amide bonds. The lowest BCUT2D eigenvalue weighted by molar-refractivity contribution is -0.0328. The molecule has 0 spiro atoms. The Morgan fingerprint density at radius 2 is 1.84 bits per heavy atom. The van der Waals surface area contributed by atoms with E-state index in [1.54, 1.807) is 25.3 Å². The van der Waals surface area contributed by atoms with Crippen molar-refractivity contribution in [2.75, 3.05) is 64.6 Å². The SMILES string of the molecule is COCCCN1CCOc2ccc(COC3CNCC(O)C3c3ccc(OCCCOCc4ccccc4F)cc3)cc21. The summed E-state index contributed by atoms with van der Waals surface area (Å²) in [7, 11) is 1.73. The number of rotatable bonds is 15. The third kappa shape index (κ3) is 8.68. The molecule has 1 saturated heterocycles. The molecule has 43 heavy (non-hydrogen) atoms. The van der Waals surface area contributed by atoms with Gasteiger partial charge in [0.1, 0.15) is 23.9 Å². The Balaban J connectivity index is 1.12. The van der Waals surface area contributed by atoms with Gasteiger partial charge in [0.25, 0.3) is 0 Å². The van der Waals surface area contributed by atoms with Gasteiger partial charge in [0.15, 0.2) is 0 Å². The summed E-state index contributed by atoms with van der Waals surface area (Å²) in [5, 5.41) is 14.2. The zero-order valence-corrected chi connectivity index (χ0v) is 24.9. The van der Waals surface area contributed by atoms with Crippen molar-refractivity contribution in [3.63, 3.8) is 0 Å². The van der Waals surface area contributed by atoms with Crippen LogP contribution in [0.5, 0.6) is 11.5 Å². The molecule has 8 nitrogen and oxygen atoms in total. The van der Waals surface area contributed by atoms with Gasteiger partial charge in [-0.25, -0.2) is 4.39 Å². The molecular weight excluding hydrogens is 551 g/mol. The van der Waals surface area contributed by atoms with E-state index in [0.29, 0.717) is 51.5 Å². The second-order valence-corrected chi connectivity index (χ2v) is 11.0. The van der Waals surface area contributed by atoms with Crippen LogP contribution in [0.2, 0.25) is 0 Å². The Morgan fingerprint density at radius 3 is 2.67 bits per heavy atom. The number of fused-ring (bicyclic) bond motifs is 1. The molecule has 3 unspecified atom stereocenters. The predicted molar refractivity (Wildman–Crippen MR) is 163 cm³/mol. The quantitative estimate of drug-likeness (QED) is 0.246. The number of hydrogen-bond donors (Lipinski definition) is 2. The molecule has 1 fully saturated rings.